The van der Waals surface area contributed by atoms with Crippen molar-refractivity contribution in [2.75, 3.05) is 20.1 Å². The first-order chi connectivity index (χ1) is 12.9. The molecule has 1 unspecified atom stereocenters. The summed E-state index contributed by atoms with van der Waals surface area (Å²) in [6.45, 7) is 5.76. The number of likely N-dealkylation sites (tertiary alicyclic amines) is 1. The summed E-state index contributed by atoms with van der Waals surface area (Å²) >= 11 is 0. The summed E-state index contributed by atoms with van der Waals surface area (Å²) in [5.41, 5.74) is 3.94. The molecule has 0 spiro atoms. The van der Waals surface area contributed by atoms with Crippen LogP contribution in [0.5, 0.6) is 5.75 Å². The molecule has 0 saturated carbocycles. The molecule has 3 heterocycles. The Labute approximate surface area is 157 Å². The Kier molecular flexibility index (Phi) is 4.52. The highest BCUT2D eigenvalue weighted by molar-refractivity contribution is 5.79. The van der Waals surface area contributed by atoms with Gasteiger partial charge >= 0.3 is 0 Å². The minimum atomic E-state index is -0.510. The van der Waals surface area contributed by atoms with Crippen LogP contribution in [0.25, 0.3) is 22.4 Å². The maximum atomic E-state index is 14.7. The van der Waals surface area contributed by atoms with Crippen LogP contribution in [0.15, 0.2) is 24.4 Å². The summed E-state index contributed by atoms with van der Waals surface area (Å²) < 4.78 is 14.7. The number of aromatic hydroxyl groups is 1. The molecule has 1 atom stereocenters. The number of fused-ring (bicyclic) bond motifs is 1. The first-order valence-electron chi connectivity index (χ1n) is 9.24. The van der Waals surface area contributed by atoms with Gasteiger partial charge in [0.1, 0.15) is 17.0 Å². The van der Waals surface area contributed by atoms with Crippen LogP contribution >= 0.6 is 0 Å². The number of rotatable bonds is 2. The van der Waals surface area contributed by atoms with Crippen molar-refractivity contribution in [2.45, 2.75) is 32.6 Å². The van der Waals surface area contributed by atoms with Crippen LogP contribution in [0.1, 0.15) is 35.6 Å². The predicted molar refractivity (Wildman–Crippen MR) is 103 cm³/mol. The van der Waals surface area contributed by atoms with Gasteiger partial charge in [0, 0.05) is 30.3 Å². The largest absolute Gasteiger partial charge is 0.507 e. The third kappa shape index (κ3) is 3.37. The Morgan fingerprint density at radius 2 is 2.00 bits per heavy atom. The number of likely N-dealkylation sites (N-methyl/N-ethyl adjacent to an activating group) is 1. The van der Waals surface area contributed by atoms with Crippen molar-refractivity contribution in [2.24, 2.45) is 0 Å². The highest BCUT2D eigenvalue weighted by Gasteiger charge is 2.22. The lowest BCUT2D eigenvalue weighted by molar-refractivity contribution is 0.248. The summed E-state index contributed by atoms with van der Waals surface area (Å²) in [6.07, 6.45) is 3.93. The number of benzene rings is 1. The lowest BCUT2D eigenvalue weighted by Gasteiger charge is -2.29. The van der Waals surface area contributed by atoms with Crippen molar-refractivity contribution in [3.05, 3.63) is 47.0 Å². The van der Waals surface area contributed by atoms with Gasteiger partial charge in [0.25, 0.3) is 0 Å². The molecule has 3 aromatic rings. The molecule has 0 radical (unpaired) electrons. The van der Waals surface area contributed by atoms with Crippen LogP contribution in [0.3, 0.4) is 0 Å². The van der Waals surface area contributed by atoms with Crippen LogP contribution in [-0.4, -0.2) is 45.1 Å². The maximum Gasteiger partial charge on any atom is 0.179 e. The number of piperidine rings is 1. The Balaban J connectivity index is 1.82. The number of phenols is 1. The molecule has 1 saturated heterocycles. The van der Waals surface area contributed by atoms with Crippen molar-refractivity contribution in [1.29, 1.82) is 0 Å². The number of halogens is 1. The highest BCUT2D eigenvalue weighted by Crippen LogP contribution is 2.35. The monoisotopic (exact) mass is 366 g/mol. The fourth-order valence-electron chi connectivity index (χ4n) is 3.97. The van der Waals surface area contributed by atoms with E-state index in [9.17, 15) is 9.50 Å². The van der Waals surface area contributed by atoms with Crippen molar-refractivity contribution >= 4 is 11.2 Å². The lowest BCUT2D eigenvalue weighted by atomic mass is 9.95. The first kappa shape index (κ1) is 17.8. The summed E-state index contributed by atoms with van der Waals surface area (Å²) in [6, 6.07) is 4.87. The van der Waals surface area contributed by atoms with Crippen LogP contribution in [0.2, 0.25) is 0 Å². The number of nitrogens with zero attached hydrogens (tertiary/aromatic N) is 4. The van der Waals surface area contributed by atoms with E-state index in [-0.39, 0.29) is 11.4 Å². The van der Waals surface area contributed by atoms with Gasteiger partial charge in [0.05, 0.1) is 5.69 Å². The number of pyridine rings is 1. The van der Waals surface area contributed by atoms with Crippen LogP contribution in [0, 0.1) is 19.7 Å². The molecule has 1 aromatic carbocycles. The Bertz CT molecular complexity index is 997. The van der Waals surface area contributed by atoms with Crippen LogP contribution in [0.4, 0.5) is 4.39 Å². The molecule has 2 aromatic heterocycles. The third-order valence-electron chi connectivity index (χ3n) is 5.25. The van der Waals surface area contributed by atoms with E-state index in [0.29, 0.717) is 22.6 Å². The zero-order valence-electron chi connectivity index (χ0n) is 15.8. The van der Waals surface area contributed by atoms with Gasteiger partial charge in [-0.2, -0.15) is 0 Å². The smallest absolute Gasteiger partial charge is 0.179 e. The molecule has 1 aliphatic heterocycles. The molecular weight excluding hydrogens is 343 g/mol. The minimum Gasteiger partial charge on any atom is -0.507 e. The number of hydrogen-bond acceptors (Lipinski definition) is 5. The summed E-state index contributed by atoms with van der Waals surface area (Å²) in [5, 5.41) is 10.4. The van der Waals surface area contributed by atoms with Gasteiger partial charge in [0.2, 0.25) is 0 Å². The minimum absolute atomic E-state index is 0.0243. The maximum absolute atomic E-state index is 14.7. The molecule has 1 aliphatic rings. The Morgan fingerprint density at radius 3 is 2.74 bits per heavy atom. The molecule has 1 fully saturated rings. The molecule has 1 N–H and O–H groups in total. The quantitative estimate of drug-likeness (QED) is 0.744. The second-order valence-corrected chi connectivity index (χ2v) is 7.53. The molecule has 0 aliphatic carbocycles. The molecule has 6 heteroatoms. The standard InChI is InChI=1S/C21H23FN4O/c1-12-7-13(2)19(18(27)8-12)20-15(22)9-16-21(25-20)24-17(10-23-16)14-5-4-6-26(3)11-14/h7-10,14,27H,4-6,11H2,1-3H3. The molecule has 27 heavy (non-hydrogen) atoms. The van der Waals surface area contributed by atoms with Gasteiger partial charge in [0.15, 0.2) is 11.5 Å². The van der Waals surface area contributed by atoms with Crippen molar-refractivity contribution in [3.63, 3.8) is 0 Å². The Morgan fingerprint density at radius 1 is 1.19 bits per heavy atom. The highest BCUT2D eigenvalue weighted by atomic mass is 19.1. The van der Waals surface area contributed by atoms with Crippen molar-refractivity contribution in [3.8, 4) is 17.0 Å². The van der Waals surface area contributed by atoms with Crippen molar-refractivity contribution < 1.29 is 9.50 Å². The molecule has 0 amide bonds. The second-order valence-electron chi connectivity index (χ2n) is 7.53. The fraction of sp³-hybridized carbons (Fsp3) is 0.381. The van der Waals surface area contributed by atoms with Gasteiger partial charge in [-0.1, -0.05) is 6.07 Å². The van der Waals surface area contributed by atoms with E-state index in [1.807, 2.05) is 19.9 Å². The molecule has 4 rings (SSSR count). The van der Waals surface area contributed by atoms with Crippen LogP contribution < -0.4 is 0 Å². The van der Waals surface area contributed by atoms with Gasteiger partial charge in [-0.15, -0.1) is 0 Å². The molecular formula is C21H23FN4O. The first-order valence-corrected chi connectivity index (χ1v) is 9.24. The van der Waals surface area contributed by atoms with E-state index in [0.717, 1.165) is 42.8 Å². The topological polar surface area (TPSA) is 62.1 Å². The van der Waals surface area contributed by atoms with E-state index in [4.69, 9.17) is 0 Å². The Hall–Kier alpha value is -2.60. The average molecular weight is 366 g/mol. The van der Waals surface area contributed by atoms with Crippen LogP contribution in [-0.2, 0) is 0 Å². The lowest BCUT2D eigenvalue weighted by Crippen LogP contribution is -2.31. The van der Waals surface area contributed by atoms with E-state index in [2.05, 4.69) is 26.9 Å². The number of aromatic nitrogens is 3. The zero-order valence-corrected chi connectivity index (χ0v) is 15.8. The number of hydrogen-bond donors (Lipinski definition) is 1. The van der Waals surface area contributed by atoms with Gasteiger partial charge < -0.3 is 10.0 Å². The zero-order chi connectivity index (χ0) is 19.1. The van der Waals surface area contributed by atoms with Gasteiger partial charge in [-0.05, 0) is 57.5 Å². The normalized spacial score (nSPS) is 18.1. The van der Waals surface area contributed by atoms with Gasteiger partial charge in [-0.3, -0.25) is 4.98 Å². The molecule has 5 nitrogen and oxygen atoms in total. The average Bonchev–Trinajstić information content (AvgIpc) is 2.61. The van der Waals surface area contributed by atoms with Crippen molar-refractivity contribution in [1.82, 2.24) is 19.9 Å². The van der Waals surface area contributed by atoms with E-state index < -0.39 is 5.82 Å². The predicted octanol–water partition coefficient (Wildman–Crippen LogP) is 3.96. The van der Waals surface area contributed by atoms with E-state index >= 15 is 0 Å². The second kappa shape index (κ2) is 6.85. The van der Waals surface area contributed by atoms with E-state index in [1.165, 1.54) is 6.07 Å². The SMILES string of the molecule is Cc1cc(C)c(-c2nc3nc(C4CCCN(C)C4)cnc3cc2F)c(O)c1. The summed E-state index contributed by atoms with van der Waals surface area (Å²) in [7, 11) is 2.11. The van der Waals surface area contributed by atoms with Gasteiger partial charge in [-0.25, -0.2) is 14.4 Å². The number of phenolic OH excluding ortho intramolecular Hbond substituents is 1. The summed E-state index contributed by atoms with van der Waals surface area (Å²) in [5.74, 6) is -0.175. The van der Waals surface area contributed by atoms with E-state index in [1.54, 1.807) is 12.3 Å². The summed E-state index contributed by atoms with van der Waals surface area (Å²) in [4.78, 5) is 15.8. The third-order valence-corrected chi connectivity index (χ3v) is 5.25. The fourth-order valence-corrected chi connectivity index (χ4v) is 3.97. The number of aryl methyl sites for hydroxylation is 2. The molecule has 140 valence electrons. The molecule has 0 bridgehead atoms.